The third kappa shape index (κ3) is 3.87. The number of amides is 1. The molecular formula is C22H23N7O3. The highest BCUT2D eigenvalue weighted by Crippen LogP contribution is 2.34. The molecule has 10 heteroatoms. The van der Waals surface area contributed by atoms with Crippen LogP contribution in [0, 0.1) is 0 Å². The SMILES string of the molecule is O=C(Nc1cnccc1N1CCNCC1)c1ccnc(N2Cc3cc(O)c(O)cc3C2)n1. The number of hydrogen-bond donors (Lipinski definition) is 4. The fourth-order valence-electron chi connectivity index (χ4n) is 4.04. The van der Waals surface area contributed by atoms with Crippen LogP contribution in [0.1, 0.15) is 21.6 Å². The molecule has 0 aliphatic carbocycles. The Hall–Kier alpha value is -3.92. The molecule has 0 radical (unpaired) electrons. The molecule has 1 fully saturated rings. The standard InChI is InChI=1S/C22H23N7O3/c30-19-9-14-12-29(13-15(14)10-20(19)31)22-25-4-1-16(27-22)21(32)26-17-11-24-3-2-18(17)28-7-5-23-6-8-28/h1-4,9-11,23,30-31H,5-8,12-13H2,(H,26,32). The Kier molecular flexibility index (Phi) is 5.20. The number of carbonyl (C=O) groups excluding carboxylic acids is 1. The number of fused-ring (bicyclic) bond motifs is 1. The van der Waals surface area contributed by atoms with E-state index in [4.69, 9.17) is 0 Å². The minimum atomic E-state index is -0.343. The molecule has 0 spiro atoms. The van der Waals surface area contributed by atoms with Crippen LogP contribution in [-0.2, 0) is 13.1 Å². The van der Waals surface area contributed by atoms with Gasteiger partial charge in [0.1, 0.15) is 5.69 Å². The van der Waals surface area contributed by atoms with Crippen LogP contribution in [0.15, 0.2) is 42.9 Å². The summed E-state index contributed by atoms with van der Waals surface area (Å²) in [6, 6.07) is 6.56. The lowest BCUT2D eigenvalue weighted by Crippen LogP contribution is -2.43. The van der Waals surface area contributed by atoms with E-state index in [9.17, 15) is 15.0 Å². The van der Waals surface area contributed by atoms with Gasteiger partial charge in [-0.05, 0) is 35.4 Å². The molecule has 0 unspecified atom stereocenters. The van der Waals surface area contributed by atoms with Crippen molar-refractivity contribution in [3.63, 3.8) is 0 Å². The number of nitrogens with one attached hydrogen (secondary N) is 2. The first-order valence-corrected chi connectivity index (χ1v) is 10.4. The fourth-order valence-corrected chi connectivity index (χ4v) is 4.04. The summed E-state index contributed by atoms with van der Waals surface area (Å²) in [5, 5.41) is 25.8. The van der Waals surface area contributed by atoms with Gasteiger partial charge < -0.3 is 30.6 Å². The summed E-state index contributed by atoms with van der Waals surface area (Å²) >= 11 is 0. The van der Waals surface area contributed by atoms with Gasteiger partial charge in [0.05, 0.1) is 17.6 Å². The second-order valence-corrected chi connectivity index (χ2v) is 7.79. The van der Waals surface area contributed by atoms with Gasteiger partial charge in [-0.3, -0.25) is 9.78 Å². The number of anilines is 3. The molecule has 1 amide bonds. The van der Waals surface area contributed by atoms with Gasteiger partial charge in [0.25, 0.3) is 5.91 Å². The molecule has 2 aromatic heterocycles. The van der Waals surface area contributed by atoms with Gasteiger partial charge in [0.2, 0.25) is 5.95 Å². The predicted molar refractivity (Wildman–Crippen MR) is 119 cm³/mol. The third-order valence-electron chi connectivity index (χ3n) is 5.68. The maximum atomic E-state index is 13.0. The Balaban J connectivity index is 1.34. The van der Waals surface area contributed by atoms with Crippen molar-refractivity contribution < 1.29 is 15.0 Å². The minimum Gasteiger partial charge on any atom is -0.504 e. The number of pyridine rings is 1. The summed E-state index contributed by atoms with van der Waals surface area (Å²) in [6.07, 6.45) is 4.92. The molecule has 0 saturated carbocycles. The number of benzene rings is 1. The smallest absolute Gasteiger partial charge is 0.274 e. The van der Waals surface area contributed by atoms with Crippen molar-refractivity contribution in [3.05, 3.63) is 59.7 Å². The van der Waals surface area contributed by atoms with E-state index >= 15 is 0 Å². The van der Waals surface area contributed by atoms with Crippen molar-refractivity contribution in [2.75, 3.05) is 41.3 Å². The molecule has 3 aromatic rings. The molecule has 5 rings (SSSR count). The number of aromatic hydroxyl groups is 2. The van der Waals surface area contributed by atoms with E-state index in [1.165, 1.54) is 0 Å². The van der Waals surface area contributed by atoms with Gasteiger partial charge in [-0.1, -0.05) is 0 Å². The number of aromatic nitrogens is 3. The molecule has 32 heavy (non-hydrogen) atoms. The Bertz CT molecular complexity index is 1130. The minimum absolute atomic E-state index is 0.156. The zero-order chi connectivity index (χ0) is 22.1. The summed E-state index contributed by atoms with van der Waals surface area (Å²) in [5.41, 5.74) is 3.58. The van der Waals surface area contributed by atoms with Crippen molar-refractivity contribution >= 4 is 23.2 Å². The first-order valence-electron chi connectivity index (χ1n) is 10.4. The van der Waals surface area contributed by atoms with Crippen LogP contribution >= 0.6 is 0 Å². The van der Waals surface area contributed by atoms with Gasteiger partial charge in [-0.15, -0.1) is 0 Å². The second kappa shape index (κ2) is 8.31. The van der Waals surface area contributed by atoms with Crippen LogP contribution < -0.4 is 20.4 Å². The normalized spacial score (nSPS) is 15.5. The van der Waals surface area contributed by atoms with Crippen molar-refractivity contribution in [2.45, 2.75) is 13.1 Å². The number of phenols is 2. The molecule has 10 nitrogen and oxygen atoms in total. The maximum Gasteiger partial charge on any atom is 0.274 e. The van der Waals surface area contributed by atoms with Crippen LogP contribution in [0.4, 0.5) is 17.3 Å². The number of rotatable bonds is 4. The van der Waals surface area contributed by atoms with Crippen LogP contribution in [0.3, 0.4) is 0 Å². The van der Waals surface area contributed by atoms with E-state index in [-0.39, 0.29) is 23.1 Å². The van der Waals surface area contributed by atoms with Gasteiger partial charge in [-0.2, -0.15) is 0 Å². The highest BCUT2D eigenvalue weighted by Gasteiger charge is 2.24. The lowest BCUT2D eigenvalue weighted by Gasteiger charge is -2.30. The Morgan fingerprint density at radius 2 is 1.72 bits per heavy atom. The zero-order valence-corrected chi connectivity index (χ0v) is 17.3. The monoisotopic (exact) mass is 433 g/mol. The Morgan fingerprint density at radius 3 is 2.44 bits per heavy atom. The quantitative estimate of drug-likeness (QED) is 0.452. The molecule has 2 aliphatic rings. The van der Waals surface area contributed by atoms with Gasteiger partial charge >= 0.3 is 0 Å². The first kappa shape index (κ1) is 20.0. The molecule has 1 aromatic carbocycles. The van der Waals surface area contributed by atoms with Crippen molar-refractivity contribution in [2.24, 2.45) is 0 Å². The van der Waals surface area contributed by atoms with E-state index in [0.717, 1.165) is 43.0 Å². The predicted octanol–water partition coefficient (Wildman–Crippen LogP) is 1.46. The van der Waals surface area contributed by atoms with Crippen molar-refractivity contribution in [1.29, 1.82) is 0 Å². The Morgan fingerprint density at radius 1 is 1.00 bits per heavy atom. The molecular weight excluding hydrogens is 410 g/mol. The summed E-state index contributed by atoms with van der Waals surface area (Å²) in [5.74, 6) is -0.251. The van der Waals surface area contributed by atoms with Crippen LogP contribution in [-0.4, -0.2) is 57.3 Å². The fraction of sp³-hybridized carbons (Fsp3) is 0.273. The average molecular weight is 433 g/mol. The van der Waals surface area contributed by atoms with E-state index in [1.54, 1.807) is 36.8 Å². The highest BCUT2D eigenvalue weighted by atomic mass is 16.3. The number of nitrogens with zero attached hydrogens (tertiary/aromatic N) is 5. The number of piperazine rings is 1. The van der Waals surface area contributed by atoms with Gasteiger partial charge in [0.15, 0.2) is 11.5 Å². The molecule has 164 valence electrons. The summed E-state index contributed by atoms with van der Waals surface area (Å²) in [6.45, 7) is 4.43. The lowest BCUT2D eigenvalue weighted by atomic mass is 10.1. The topological polar surface area (TPSA) is 127 Å². The van der Waals surface area contributed by atoms with E-state index in [1.807, 2.05) is 11.0 Å². The van der Waals surface area contributed by atoms with Crippen LogP contribution in [0.25, 0.3) is 0 Å². The molecule has 0 bridgehead atoms. The Labute approximate surface area is 184 Å². The largest absolute Gasteiger partial charge is 0.504 e. The maximum absolute atomic E-state index is 13.0. The van der Waals surface area contributed by atoms with E-state index < -0.39 is 0 Å². The third-order valence-corrected chi connectivity index (χ3v) is 5.68. The van der Waals surface area contributed by atoms with E-state index in [0.29, 0.717) is 24.7 Å². The molecule has 4 heterocycles. The van der Waals surface area contributed by atoms with Crippen molar-refractivity contribution in [3.8, 4) is 11.5 Å². The first-order chi connectivity index (χ1) is 15.6. The molecule has 1 saturated heterocycles. The highest BCUT2D eigenvalue weighted by molar-refractivity contribution is 6.04. The van der Waals surface area contributed by atoms with Crippen molar-refractivity contribution in [1.82, 2.24) is 20.3 Å². The van der Waals surface area contributed by atoms with Gasteiger partial charge in [-0.25, -0.2) is 9.97 Å². The van der Waals surface area contributed by atoms with Crippen LogP contribution in [0.2, 0.25) is 0 Å². The molecule has 2 aliphatic heterocycles. The van der Waals surface area contributed by atoms with Crippen LogP contribution in [0.5, 0.6) is 11.5 Å². The summed E-state index contributed by atoms with van der Waals surface area (Å²) in [4.78, 5) is 30.0. The average Bonchev–Trinajstić information content (AvgIpc) is 3.23. The molecule has 4 N–H and O–H groups in total. The zero-order valence-electron chi connectivity index (χ0n) is 17.3. The second-order valence-electron chi connectivity index (χ2n) is 7.79. The number of phenolic OH excluding ortho intramolecular Hbond substituents is 2. The lowest BCUT2D eigenvalue weighted by molar-refractivity contribution is 0.102. The molecule has 0 atom stereocenters. The summed E-state index contributed by atoms with van der Waals surface area (Å²) < 4.78 is 0. The van der Waals surface area contributed by atoms with E-state index in [2.05, 4.69) is 30.5 Å². The summed E-state index contributed by atoms with van der Waals surface area (Å²) in [7, 11) is 0. The number of hydrogen-bond acceptors (Lipinski definition) is 9. The number of carbonyl (C=O) groups is 1. The van der Waals surface area contributed by atoms with Gasteiger partial charge in [0, 0.05) is 51.7 Å².